The maximum absolute atomic E-state index is 13.1. The smallest absolute Gasteiger partial charge is 0.416 e. The number of halogens is 6. The van der Waals surface area contributed by atoms with Crippen LogP contribution in [0.3, 0.4) is 0 Å². The Labute approximate surface area is 176 Å². The lowest BCUT2D eigenvalue weighted by Gasteiger charge is -2.13. The van der Waals surface area contributed by atoms with Crippen LogP contribution >= 0.6 is 0 Å². The summed E-state index contributed by atoms with van der Waals surface area (Å²) in [5, 5.41) is 3.85. The van der Waals surface area contributed by atoms with Crippen molar-refractivity contribution in [2.45, 2.75) is 12.4 Å². The molecule has 13 heteroatoms. The van der Waals surface area contributed by atoms with E-state index >= 15 is 0 Å². The lowest BCUT2D eigenvalue weighted by molar-refractivity contribution is -0.143. The molecule has 0 spiro atoms. The van der Waals surface area contributed by atoms with E-state index in [0.29, 0.717) is 12.1 Å². The second-order valence-electron chi connectivity index (χ2n) is 6.34. The first kappa shape index (κ1) is 22.8. The second-order valence-corrected chi connectivity index (χ2v) is 6.34. The van der Waals surface area contributed by atoms with Crippen molar-refractivity contribution in [3.05, 3.63) is 59.5 Å². The zero-order chi connectivity index (χ0) is 23.7. The Morgan fingerprint density at radius 2 is 1.66 bits per heavy atom. The van der Waals surface area contributed by atoms with Crippen LogP contribution in [0.1, 0.15) is 16.7 Å². The average molecular weight is 457 g/mol. The van der Waals surface area contributed by atoms with Crippen LogP contribution in [-0.2, 0) is 17.1 Å². The highest BCUT2D eigenvalue weighted by atomic mass is 19.4. The predicted octanol–water partition coefficient (Wildman–Crippen LogP) is 3.87. The zero-order valence-electron chi connectivity index (χ0n) is 16.1. The fraction of sp³-hybridized carbons (Fsp3) is 0.158. The minimum absolute atomic E-state index is 0.00225. The predicted molar refractivity (Wildman–Crippen MR) is 99.6 cm³/mol. The quantitative estimate of drug-likeness (QED) is 0.464. The van der Waals surface area contributed by atoms with Gasteiger partial charge < -0.3 is 10.5 Å². The molecule has 3 rings (SSSR count). The van der Waals surface area contributed by atoms with Crippen LogP contribution in [-0.4, -0.2) is 32.8 Å². The molecule has 0 aliphatic rings. The van der Waals surface area contributed by atoms with Crippen LogP contribution in [0.15, 0.2) is 42.9 Å². The third-order valence-corrected chi connectivity index (χ3v) is 4.14. The minimum atomic E-state index is -5.01. The van der Waals surface area contributed by atoms with E-state index < -0.39 is 40.8 Å². The van der Waals surface area contributed by atoms with Crippen molar-refractivity contribution in [1.82, 2.24) is 19.7 Å². The summed E-state index contributed by atoms with van der Waals surface area (Å²) in [5.74, 6) is -1.03. The van der Waals surface area contributed by atoms with Gasteiger partial charge in [0.25, 0.3) is 5.91 Å². The first-order valence-corrected chi connectivity index (χ1v) is 8.61. The van der Waals surface area contributed by atoms with Gasteiger partial charge >= 0.3 is 12.4 Å². The van der Waals surface area contributed by atoms with Crippen molar-refractivity contribution < 1.29 is 35.9 Å². The number of nitrogens with two attached hydrogens (primary N) is 1. The number of primary amides is 1. The first-order chi connectivity index (χ1) is 14.9. The molecule has 0 saturated carbocycles. The van der Waals surface area contributed by atoms with Gasteiger partial charge in [0.05, 0.1) is 23.8 Å². The second kappa shape index (κ2) is 8.32. The van der Waals surface area contributed by atoms with Gasteiger partial charge in [-0.2, -0.15) is 26.3 Å². The largest absolute Gasteiger partial charge is 0.481 e. The summed E-state index contributed by atoms with van der Waals surface area (Å²) >= 11 is 0. The number of benzene rings is 1. The van der Waals surface area contributed by atoms with E-state index in [1.165, 1.54) is 25.4 Å². The number of amides is 1. The van der Waals surface area contributed by atoms with Crippen molar-refractivity contribution in [3.8, 4) is 17.3 Å². The molecule has 0 aliphatic carbocycles. The van der Waals surface area contributed by atoms with Crippen molar-refractivity contribution in [3.63, 3.8) is 0 Å². The average Bonchev–Trinajstić information content (AvgIpc) is 3.19. The highest BCUT2D eigenvalue weighted by molar-refractivity contribution is 6.22. The van der Waals surface area contributed by atoms with Crippen LogP contribution in [0.5, 0.6) is 5.88 Å². The van der Waals surface area contributed by atoms with Crippen LogP contribution in [0.4, 0.5) is 26.3 Å². The normalized spacial score (nSPS) is 12.7. The Kier molecular flexibility index (Phi) is 5.92. The summed E-state index contributed by atoms with van der Waals surface area (Å²) in [5.41, 5.74) is 2.03. The number of hydrogen-bond acceptors (Lipinski definition) is 5. The third-order valence-electron chi connectivity index (χ3n) is 4.14. The molecule has 3 aromatic rings. The zero-order valence-corrected chi connectivity index (χ0v) is 16.1. The Hall–Kier alpha value is -3.90. The molecule has 168 valence electrons. The maximum Gasteiger partial charge on any atom is 0.416 e. The molecule has 0 bridgehead atoms. The highest BCUT2D eigenvalue weighted by Crippen LogP contribution is 2.38. The van der Waals surface area contributed by atoms with E-state index in [2.05, 4.69) is 15.1 Å². The topological polar surface area (TPSA) is 95.9 Å². The molecule has 0 fully saturated rings. The number of pyridine rings is 1. The minimum Gasteiger partial charge on any atom is -0.481 e. The van der Waals surface area contributed by atoms with Gasteiger partial charge in [-0.05, 0) is 24.3 Å². The van der Waals surface area contributed by atoms with Crippen molar-refractivity contribution in [1.29, 1.82) is 0 Å². The number of aromatic nitrogens is 4. The number of alkyl halides is 6. The Morgan fingerprint density at radius 3 is 2.12 bits per heavy atom. The summed E-state index contributed by atoms with van der Waals surface area (Å²) in [6.45, 7) is 0. The van der Waals surface area contributed by atoms with E-state index in [1.54, 1.807) is 0 Å². The Bertz CT molecular complexity index is 1130. The molecule has 1 aromatic carbocycles. The number of nitrogens with zero attached hydrogens (tertiary/aromatic N) is 4. The number of carbonyl (C=O) groups is 1. The highest BCUT2D eigenvalue weighted by Gasteiger charge is 2.37. The van der Waals surface area contributed by atoms with E-state index in [0.717, 1.165) is 17.2 Å². The van der Waals surface area contributed by atoms with Gasteiger partial charge in [0, 0.05) is 29.6 Å². The number of carbonyl (C=O) groups excluding carboxylic acids is 1. The van der Waals surface area contributed by atoms with E-state index in [1.807, 2.05) is 0 Å². The number of ether oxygens (including phenoxy) is 1. The monoisotopic (exact) mass is 457 g/mol. The lowest BCUT2D eigenvalue weighted by Crippen LogP contribution is -2.14. The summed E-state index contributed by atoms with van der Waals surface area (Å²) in [4.78, 5) is 19.5. The summed E-state index contributed by atoms with van der Waals surface area (Å²) in [6, 6.07) is 3.94. The van der Waals surface area contributed by atoms with Gasteiger partial charge in [-0.1, -0.05) is 0 Å². The van der Waals surface area contributed by atoms with E-state index in [-0.39, 0.29) is 23.1 Å². The summed E-state index contributed by atoms with van der Waals surface area (Å²) in [6.07, 6.45) is -6.63. The lowest BCUT2D eigenvalue weighted by atomic mass is 10.0. The molecular weight excluding hydrogens is 444 g/mol. The molecule has 32 heavy (non-hydrogen) atoms. The fourth-order valence-electron chi connectivity index (χ4n) is 2.63. The van der Waals surface area contributed by atoms with Crippen molar-refractivity contribution in [2.24, 2.45) is 5.73 Å². The summed E-state index contributed by atoms with van der Waals surface area (Å²) < 4.78 is 84.3. The van der Waals surface area contributed by atoms with Crippen LogP contribution in [0, 0.1) is 0 Å². The summed E-state index contributed by atoms with van der Waals surface area (Å²) in [7, 11) is 1.39. The molecule has 0 aliphatic heterocycles. The number of hydrogen-bond donors (Lipinski definition) is 1. The van der Waals surface area contributed by atoms with Crippen LogP contribution in [0.2, 0.25) is 0 Å². The molecule has 1 amide bonds. The fourth-order valence-corrected chi connectivity index (χ4v) is 2.63. The van der Waals surface area contributed by atoms with E-state index in [9.17, 15) is 31.1 Å². The first-order valence-electron chi connectivity index (χ1n) is 8.61. The SMILES string of the molecule is COc1ccc(/C(=C/n2cnc(-c3cc(C(F)(F)F)cc(C(F)(F)F)c3)n2)C(N)=O)cn1. The molecular formula is C19H13F6N5O2. The number of rotatable bonds is 5. The molecule has 0 unspecified atom stereocenters. The molecule has 2 aromatic heterocycles. The molecule has 0 radical (unpaired) electrons. The van der Waals surface area contributed by atoms with Gasteiger partial charge in [-0.25, -0.2) is 14.6 Å². The Balaban J connectivity index is 2.04. The number of methoxy groups -OCH3 is 1. The van der Waals surface area contributed by atoms with Gasteiger partial charge in [0.15, 0.2) is 5.82 Å². The van der Waals surface area contributed by atoms with Crippen molar-refractivity contribution in [2.75, 3.05) is 7.11 Å². The molecule has 2 N–H and O–H groups in total. The van der Waals surface area contributed by atoms with Crippen molar-refractivity contribution >= 4 is 17.7 Å². The van der Waals surface area contributed by atoms with E-state index in [4.69, 9.17) is 10.5 Å². The standard InChI is InChI=1S/C19H13F6N5O2/c1-32-15-3-2-10(7-27-15)14(16(26)31)8-30-9-28-17(29-30)11-4-12(18(20,21)22)6-13(5-11)19(23,24)25/h2-9H,1H3,(H2,26,31)/b14-8-. The van der Waals surface area contributed by atoms with Gasteiger partial charge in [0.1, 0.15) is 6.33 Å². The van der Waals surface area contributed by atoms with Crippen LogP contribution in [0.25, 0.3) is 23.2 Å². The van der Waals surface area contributed by atoms with Gasteiger partial charge in [0.2, 0.25) is 5.88 Å². The molecule has 7 nitrogen and oxygen atoms in total. The maximum atomic E-state index is 13.1. The van der Waals surface area contributed by atoms with Crippen LogP contribution < -0.4 is 10.5 Å². The molecule has 2 heterocycles. The molecule has 0 atom stereocenters. The van der Waals surface area contributed by atoms with Gasteiger partial charge in [-0.3, -0.25) is 4.79 Å². The Morgan fingerprint density at radius 1 is 1.03 bits per heavy atom. The molecule has 0 saturated heterocycles. The van der Waals surface area contributed by atoms with Gasteiger partial charge in [-0.15, -0.1) is 5.10 Å². The third kappa shape index (κ3) is 5.04.